The summed E-state index contributed by atoms with van der Waals surface area (Å²) in [5.41, 5.74) is 0.128. The molecule has 2 saturated carbocycles. The molecule has 0 N–H and O–H groups in total. The third kappa shape index (κ3) is 1.39. The van der Waals surface area contributed by atoms with Crippen LogP contribution in [0.2, 0.25) is 0 Å². The van der Waals surface area contributed by atoms with Gasteiger partial charge in [-0.05, 0) is 25.7 Å². The van der Waals surface area contributed by atoms with Crippen molar-refractivity contribution in [1.82, 2.24) is 10.1 Å². The summed E-state index contributed by atoms with van der Waals surface area (Å²) < 4.78 is 5.20. The molecule has 0 bridgehead atoms. The van der Waals surface area contributed by atoms with Crippen LogP contribution in [0.3, 0.4) is 0 Å². The summed E-state index contributed by atoms with van der Waals surface area (Å²) in [6, 6.07) is 0. The van der Waals surface area contributed by atoms with E-state index >= 15 is 0 Å². The van der Waals surface area contributed by atoms with Gasteiger partial charge in [0, 0.05) is 11.8 Å². The van der Waals surface area contributed by atoms with Crippen LogP contribution < -0.4 is 0 Å². The zero-order valence-corrected chi connectivity index (χ0v) is 8.82. The average molecular weight is 206 g/mol. The van der Waals surface area contributed by atoms with Gasteiger partial charge in [-0.1, -0.05) is 12.1 Å². The van der Waals surface area contributed by atoms with Crippen LogP contribution in [-0.4, -0.2) is 15.9 Å². The molecule has 2 fully saturated rings. The van der Waals surface area contributed by atoms with E-state index in [9.17, 15) is 4.79 Å². The molecule has 80 valence electrons. The molecular weight excluding hydrogens is 192 g/mol. The maximum atomic E-state index is 11.5. The fourth-order valence-corrected chi connectivity index (χ4v) is 2.11. The first kappa shape index (κ1) is 9.07. The van der Waals surface area contributed by atoms with Gasteiger partial charge in [0.25, 0.3) is 0 Å². The molecule has 1 heterocycles. The predicted octanol–water partition coefficient (Wildman–Crippen LogP) is 1.96. The molecule has 1 aromatic heterocycles. The van der Waals surface area contributed by atoms with Crippen LogP contribution >= 0.6 is 0 Å². The van der Waals surface area contributed by atoms with Crippen molar-refractivity contribution in [3.05, 3.63) is 11.7 Å². The molecule has 0 aliphatic heterocycles. The highest BCUT2D eigenvalue weighted by Gasteiger charge is 2.44. The minimum atomic E-state index is -0.117. The van der Waals surface area contributed by atoms with Gasteiger partial charge in [0.2, 0.25) is 5.89 Å². The standard InChI is InChI=1S/C11H14N2O2/c1-11(5-6-11)10-12-9(15-13-10)7-3-2-4-8(7)14/h7H,2-6H2,1H3. The molecule has 3 rings (SSSR count). The molecule has 1 atom stereocenters. The number of nitrogens with zero attached hydrogens (tertiary/aromatic N) is 2. The molecule has 0 spiro atoms. The van der Waals surface area contributed by atoms with E-state index in [0.717, 1.165) is 31.5 Å². The SMILES string of the molecule is CC1(c2noc(C3CCCC3=O)n2)CC1. The van der Waals surface area contributed by atoms with Gasteiger partial charge in [-0.15, -0.1) is 0 Å². The molecule has 2 aliphatic carbocycles. The smallest absolute Gasteiger partial charge is 0.237 e. The van der Waals surface area contributed by atoms with Gasteiger partial charge in [-0.2, -0.15) is 4.98 Å². The summed E-state index contributed by atoms with van der Waals surface area (Å²) in [5, 5.41) is 3.99. The number of carbonyl (C=O) groups is 1. The van der Waals surface area contributed by atoms with Crippen LogP contribution in [0.15, 0.2) is 4.52 Å². The lowest BCUT2D eigenvalue weighted by atomic mass is 10.1. The Morgan fingerprint density at radius 3 is 2.87 bits per heavy atom. The first-order valence-electron chi connectivity index (χ1n) is 5.56. The van der Waals surface area contributed by atoms with Gasteiger partial charge in [0.1, 0.15) is 5.78 Å². The van der Waals surface area contributed by atoms with Crippen molar-refractivity contribution in [2.24, 2.45) is 0 Å². The summed E-state index contributed by atoms with van der Waals surface area (Å²) in [5.74, 6) is 1.47. The molecule has 0 amide bonds. The molecular formula is C11H14N2O2. The molecule has 0 aromatic carbocycles. The molecule has 1 aromatic rings. The first-order chi connectivity index (χ1) is 7.19. The van der Waals surface area contributed by atoms with E-state index in [1.807, 2.05) is 0 Å². The number of hydrogen-bond donors (Lipinski definition) is 0. The fraction of sp³-hybridized carbons (Fsp3) is 0.727. The number of rotatable bonds is 2. The topological polar surface area (TPSA) is 56.0 Å². The van der Waals surface area contributed by atoms with E-state index in [4.69, 9.17) is 4.52 Å². The fourth-order valence-electron chi connectivity index (χ4n) is 2.11. The molecule has 2 aliphatic rings. The van der Waals surface area contributed by atoms with Crippen molar-refractivity contribution in [3.63, 3.8) is 0 Å². The van der Waals surface area contributed by atoms with Crippen LogP contribution in [0, 0.1) is 0 Å². The summed E-state index contributed by atoms with van der Waals surface area (Å²) in [4.78, 5) is 15.9. The van der Waals surface area contributed by atoms with Crippen molar-refractivity contribution in [3.8, 4) is 0 Å². The Morgan fingerprint density at radius 1 is 1.47 bits per heavy atom. The van der Waals surface area contributed by atoms with E-state index in [-0.39, 0.29) is 17.1 Å². The lowest BCUT2D eigenvalue weighted by molar-refractivity contribution is -0.119. The van der Waals surface area contributed by atoms with Crippen molar-refractivity contribution in [1.29, 1.82) is 0 Å². The molecule has 4 nitrogen and oxygen atoms in total. The van der Waals surface area contributed by atoms with E-state index in [0.29, 0.717) is 12.3 Å². The molecule has 4 heteroatoms. The highest BCUT2D eigenvalue weighted by Crippen LogP contribution is 2.46. The molecule has 15 heavy (non-hydrogen) atoms. The number of hydrogen-bond acceptors (Lipinski definition) is 4. The highest BCUT2D eigenvalue weighted by atomic mass is 16.5. The Morgan fingerprint density at radius 2 is 2.27 bits per heavy atom. The van der Waals surface area contributed by atoms with E-state index in [1.54, 1.807) is 0 Å². The Labute approximate surface area is 88.1 Å². The summed E-state index contributed by atoms with van der Waals surface area (Å²) in [7, 11) is 0. The van der Waals surface area contributed by atoms with Crippen LogP contribution in [0.25, 0.3) is 0 Å². The summed E-state index contributed by atoms with van der Waals surface area (Å²) in [6.07, 6.45) is 4.75. The summed E-state index contributed by atoms with van der Waals surface area (Å²) in [6.45, 7) is 2.14. The second kappa shape index (κ2) is 2.90. The normalized spacial score (nSPS) is 28.3. The predicted molar refractivity (Wildman–Crippen MR) is 52.5 cm³/mol. The third-order valence-corrected chi connectivity index (χ3v) is 3.58. The summed E-state index contributed by atoms with van der Waals surface area (Å²) >= 11 is 0. The highest BCUT2D eigenvalue weighted by molar-refractivity contribution is 5.86. The zero-order chi connectivity index (χ0) is 10.5. The van der Waals surface area contributed by atoms with Gasteiger partial charge in [0.05, 0.1) is 5.92 Å². The quantitative estimate of drug-likeness (QED) is 0.742. The van der Waals surface area contributed by atoms with E-state index in [1.165, 1.54) is 0 Å². The second-order valence-electron chi connectivity index (χ2n) is 4.93. The minimum absolute atomic E-state index is 0.117. The van der Waals surface area contributed by atoms with Gasteiger partial charge in [-0.3, -0.25) is 4.79 Å². The van der Waals surface area contributed by atoms with Gasteiger partial charge < -0.3 is 4.52 Å². The van der Waals surface area contributed by atoms with Crippen molar-refractivity contribution in [2.45, 2.75) is 50.4 Å². The monoisotopic (exact) mass is 206 g/mol. The Bertz CT molecular complexity index is 406. The maximum Gasteiger partial charge on any atom is 0.237 e. The molecule has 0 radical (unpaired) electrons. The van der Waals surface area contributed by atoms with Crippen LogP contribution in [0.1, 0.15) is 56.7 Å². The van der Waals surface area contributed by atoms with Crippen molar-refractivity contribution < 1.29 is 9.32 Å². The van der Waals surface area contributed by atoms with Crippen LogP contribution in [0.4, 0.5) is 0 Å². The van der Waals surface area contributed by atoms with E-state index in [2.05, 4.69) is 17.1 Å². The molecule has 0 saturated heterocycles. The zero-order valence-electron chi connectivity index (χ0n) is 8.82. The van der Waals surface area contributed by atoms with Crippen molar-refractivity contribution in [2.75, 3.05) is 0 Å². The van der Waals surface area contributed by atoms with Gasteiger partial charge in [0.15, 0.2) is 5.82 Å². The largest absolute Gasteiger partial charge is 0.339 e. The lowest BCUT2D eigenvalue weighted by Gasteiger charge is -2.00. The van der Waals surface area contributed by atoms with Gasteiger partial charge >= 0.3 is 0 Å². The Kier molecular flexibility index (Phi) is 1.75. The first-order valence-corrected chi connectivity index (χ1v) is 5.56. The number of ketones is 1. The Hall–Kier alpha value is -1.19. The Balaban J connectivity index is 1.87. The average Bonchev–Trinajstić information content (AvgIpc) is 2.70. The van der Waals surface area contributed by atoms with Gasteiger partial charge in [-0.25, -0.2) is 0 Å². The van der Waals surface area contributed by atoms with E-state index < -0.39 is 0 Å². The van der Waals surface area contributed by atoms with Crippen molar-refractivity contribution >= 4 is 5.78 Å². The number of aromatic nitrogens is 2. The third-order valence-electron chi connectivity index (χ3n) is 3.58. The van der Waals surface area contributed by atoms with Crippen LogP contribution in [0.5, 0.6) is 0 Å². The lowest BCUT2D eigenvalue weighted by Crippen LogP contribution is -2.06. The number of Topliss-reactive ketones (excluding diaryl/α,β-unsaturated/α-hetero) is 1. The van der Waals surface area contributed by atoms with Crippen LogP contribution in [-0.2, 0) is 10.2 Å². The second-order valence-corrected chi connectivity index (χ2v) is 4.93. The minimum Gasteiger partial charge on any atom is -0.339 e. The number of carbonyl (C=O) groups excluding carboxylic acids is 1. The molecule has 1 unspecified atom stereocenters. The maximum absolute atomic E-state index is 11.5.